The van der Waals surface area contributed by atoms with Crippen LogP contribution in [0.5, 0.6) is 0 Å². The zero-order chi connectivity index (χ0) is 13.7. The average molecular weight is 257 g/mol. The predicted octanol–water partition coefficient (Wildman–Crippen LogP) is 2.30. The first-order chi connectivity index (χ1) is 8.45. The molecule has 0 saturated heterocycles. The zero-order valence-corrected chi connectivity index (χ0v) is 10.4. The summed E-state index contributed by atoms with van der Waals surface area (Å²) in [6.07, 6.45) is 0.00943. The van der Waals surface area contributed by atoms with E-state index < -0.39 is 23.8 Å². The van der Waals surface area contributed by atoms with Crippen LogP contribution in [0.3, 0.4) is 0 Å². The number of halogens is 2. The first-order valence-corrected chi connectivity index (χ1v) is 5.88. The lowest BCUT2D eigenvalue weighted by atomic mass is 10.0. The lowest BCUT2D eigenvalue weighted by Crippen LogP contribution is -2.36. The number of carbonyl (C=O) groups is 1. The van der Waals surface area contributed by atoms with Gasteiger partial charge in [0.1, 0.15) is 0 Å². The van der Waals surface area contributed by atoms with Crippen LogP contribution in [0.25, 0.3) is 0 Å². The minimum absolute atomic E-state index is 0.174. The van der Waals surface area contributed by atoms with Crippen molar-refractivity contribution in [1.82, 2.24) is 5.32 Å². The van der Waals surface area contributed by atoms with E-state index in [1.165, 1.54) is 6.07 Å². The summed E-state index contributed by atoms with van der Waals surface area (Å²) in [5.74, 6) is -2.15. The van der Waals surface area contributed by atoms with E-state index in [0.717, 1.165) is 12.1 Å². The van der Waals surface area contributed by atoms with Crippen molar-refractivity contribution in [3.05, 3.63) is 35.4 Å². The van der Waals surface area contributed by atoms with Crippen LogP contribution in [-0.2, 0) is 4.79 Å². The molecule has 0 aliphatic rings. The van der Waals surface area contributed by atoms with Gasteiger partial charge in [-0.1, -0.05) is 13.0 Å². The molecular weight excluding hydrogens is 240 g/mol. The van der Waals surface area contributed by atoms with Crippen LogP contribution in [0.4, 0.5) is 8.78 Å². The second-order valence-corrected chi connectivity index (χ2v) is 4.22. The van der Waals surface area contributed by atoms with Crippen molar-refractivity contribution in [2.24, 2.45) is 0 Å². The molecule has 1 amide bonds. The molecule has 2 atom stereocenters. The molecule has 0 bridgehead atoms. The summed E-state index contributed by atoms with van der Waals surface area (Å²) in [7, 11) is 0. The maximum atomic E-state index is 13.0. The average Bonchev–Trinajstić information content (AvgIpc) is 2.32. The van der Waals surface area contributed by atoms with Crippen LogP contribution in [-0.4, -0.2) is 17.1 Å². The van der Waals surface area contributed by atoms with Crippen molar-refractivity contribution in [2.45, 2.75) is 38.8 Å². The Morgan fingerprint density at radius 2 is 2.06 bits per heavy atom. The van der Waals surface area contributed by atoms with Gasteiger partial charge in [0.2, 0.25) is 5.91 Å². The second kappa shape index (κ2) is 6.44. The van der Waals surface area contributed by atoms with Crippen LogP contribution in [0.2, 0.25) is 0 Å². The minimum atomic E-state index is -1.07. The van der Waals surface area contributed by atoms with Crippen molar-refractivity contribution in [2.75, 3.05) is 0 Å². The van der Waals surface area contributed by atoms with Crippen molar-refractivity contribution in [3.8, 4) is 0 Å². The Balaban J connectivity index is 2.70. The fourth-order valence-electron chi connectivity index (χ4n) is 1.62. The summed E-state index contributed by atoms with van der Waals surface area (Å²) in [5, 5.41) is 12.5. The molecular formula is C13H17F2NO2. The van der Waals surface area contributed by atoms with Crippen molar-refractivity contribution in [1.29, 1.82) is 0 Å². The first kappa shape index (κ1) is 14.6. The fourth-order valence-corrected chi connectivity index (χ4v) is 1.62. The Bertz CT molecular complexity index is 423. The molecule has 2 N–H and O–H groups in total. The minimum Gasteiger partial charge on any atom is -0.386 e. The van der Waals surface area contributed by atoms with E-state index in [1.54, 1.807) is 6.92 Å². The van der Waals surface area contributed by atoms with E-state index in [9.17, 15) is 18.7 Å². The van der Waals surface area contributed by atoms with Gasteiger partial charge >= 0.3 is 0 Å². The van der Waals surface area contributed by atoms with Gasteiger partial charge in [0, 0.05) is 6.42 Å². The monoisotopic (exact) mass is 257 g/mol. The number of aliphatic hydroxyl groups is 1. The van der Waals surface area contributed by atoms with Gasteiger partial charge in [-0.3, -0.25) is 4.79 Å². The molecule has 0 radical (unpaired) electrons. The maximum absolute atomic E-state index is 13.0. The Labute approximate surface area is 105 Å². The van der Waals surface area contributed by atoms with Crippen LogP contribution < -0.4 is 5.32 Å². The van der Waals surface area contributed by atoms with E-state index >= 15 is 0 Å². The van der Waals surface area contributed by atoms with Crippen LogP contribution in [0, 0.1) is 11.6 Å². The molecule has 3 nitrogen and oxygen atoms in total. The molecule has 0 aliphatic carbocycles. The summed E-state index contributed by atoms with van der Waals surface area (Å²) < 4.78 is 25.8. The van der Waals surface area contributed by atoms with Gasteiger partial charge in [-0.25, -0.2) is 8.78 Å². The van der Waals surface area contributed by atoms with E-state index in [1.807, 2.05) is 6.92 Å². The smallest absolute Gasteiger partial charge is 0.220 e. The van der Waals surface area contributed by atoms with E-state index in [-0.39, 0.29) is 11.5 Å². The number of nitrogens with one attached hydrogen (secondary N) is 1. The SMILES string of the molecule is CCCC(=O)NC(C)C(O)c1ccc(F)c(F)c1. The third-order valence-electron chi connectivity index (χ3n) is 2.62. The van der Waals surface area contributed by atoms with Crippen LogP contribution in [0.1, 0.15) is 38.4 Å². The highest BCUT2D eigenvalue weighted by Gasteiger charge is 2.19. The van der Waals surface area contributed by atoms with Gasteiger partial charge in [0.15, 0.2) is 11.6 Å². The summed E-state index contributed by atoms with van der Waals surface area (Å²) >= 11 is 0. The lowest BCUT2D eigenvalue weighted by molar-refractivity contribution is -0.122. The van der Waals surface area contributed by atoms with E-state index in [2.05, 4.69) is 5.32 Å². The normalized spacial score (nSPS) is 14.1. The summed E-state index contributed by atoms with van der Waals surface area (Å²) in [6, 6.07) is 2.62. The standard InChI is InChI=1S/C13H17F2NO2/c1-3-4-12(17)16-8(2)13(18)9-5-6-10(14)11(15)7-9/h5-8,13,18H,3-4H2,1-2H3,(H,16,17). The molecule has 5 heteroatoms. The number of hydrogen-bond acceptors (Lipinski definition) is 2. The van der Waals surface area contributed by atoms with Crippen molar-refractivity contribution in [3.63, 3.8) is 0 Å². The third kappa shape index (κ3) is 3.77. The number of benzene rings is 1. The van der Waals surface area contributed by atoms with Gasteiger partial charge in [-0.2, -0.15) is 0 Å². The van der Waals surface area contributed by atoms with Crippen molar-refractivity contribution >= 4 is 5.91 Å². The molecule has 0 heterocycles. The molecule has 0 aromatic heterocycles. The Morgan fingerprint density at radius 1 is 1.39 bits per heavy atom. The number of carbonyl (C=O) groups excluding carboxylic acids is 1. The molecule has 0 fully saturated rings. The first-order valence-electron chi connectivity index (χ1n) is 5.88. The molecule has 18 heavy (non-hydrogen) atoms. The van der Waals surface area contributed by atoms with Crippen LogP contribution in [0.15, 0.2) is 18.2 Å². The second-order valence-electron chi connectivity index (χ2n) is 4.22. The van der Waals surface area contributed by atoms with Crippen molar-refractivity contribution < 1.29 is 18.7 Å². The fraction of sp³-hybridized carbons (Fsp3) is 0.462. The number of aliphatic hydroxyl groups excluding tert-OH is 1. The quantitative estimate of drug-likeness (QED) is 0.850. The van der Waals surface area contributed by atoms with Gasteiger partial charge < -0.3 is 10.4 Å². The van der Waals surface area contributed by atoms with E-state index in [0.29, 0.717) is 12.8 Å². The highest BCUT2D eigenvalue weighted by atomic mass is 19.2. The molecule has 100 valence electrons. The molecule has 2 unspecified atom stereocenters. The van der Waals surface area contributed by atoms with Gasteiger partial charge in [0.05, 0.1) is 12.1 Å². The zero-order valence-electron chi connectivity index (χ0n) is 10.4. The number of rotatable bonds is 5. The summed E-state index contributed by atoms with van der Waals surface area (Å²) in [4.78, 5) is 11.4. The summed E-state index contributed by atoms with van der Waals surface area (Å²) in [5.41, 5.74) is 0.234. The molecule has 0 spiro atoms. The largest absolute Gasteiger partial charge is 0.386 e. The Morgan fingerprint density at radius 3 is 2.61 bits per heavy atom. The highest BCUT2D eigenvalue weighted by Crippen LogP contribution is 2.19. The topological polar surface area (TPSA) is 49.3 Å². The lowest BCUT2D eigenvalue weighted by Gasteiger charge is -2.20. The highest BCUT2D eigenvalue weighted by molar-refractivity contribution is 5.76. The van der Waals surface area contributed by atoms with Gasteiger partial charge in [-0.15, -0.1) is 0 Å². The third-order valence-corrected chi connectivity index (χ3v) is 2.62. The Hall–Kier alpha value is -1.49. The Kier molecular flexibility index (Phi) is 5.22. The molecule has 1 aromatic rings. The number of amides is 1. The molecule has 0 saturated carbocycles. The molecule has 1 rings (SSSR count). The maximum Gasteiger partial charge on any atom is 0.220 e. The van der Waals surface area contributed by atoms with E-state index in [4.69, 9.17) is 0 Å². The molecule has 1 aromatic carbocycles. The van der Waals surface area contributed by atoms with Crippen LogP contribution >= 0.6 is 0 Å². The van der Waals surface area contributed by atoms with Gasteiger partial charge in [-0.05, 0) is 31.0 Å². The summed E-state index contributed by atoms with van der Waals surface area (Å²) in [6.45, 7) is 3.48. The predicted molar refractivity (Wildman–Crippen MR) is 63.8 cm³/mol. The van der Waals surface area contributed by atoms with Gasteiger partial charge in [0.25, 0.3) is 0 Å². The molecule has 0 aliphatic heterocycles. The number of hydrogen-bond donors (Lipinski definition) is 2.